The lowest BCUT2D eigenvalue weighted by molar-refractivity contribution is 0.0945. The van der Waals surface area contributed by atoms with Crippen LogP contribution in [0.15, 0.2) is 30.5 Å². The first-order chi connectivity index (χ1) is 8.81. The Morgan fingerprint density at radius 2 is 2.17 bits per heavy atom. The van der Waals surface area contributed by atoms with Gasteiger partial charge in [-0.2, -0.15) is 15.4 Å². The van der Waals surface area contributed by atoms with Crippen molar-refractivity contribution in [3.05, 3.63) is 47.3 Å². The molecule has 0 saturated carbocycles. The first-order valence-electron chi connectivity index (χ1n) is 5.51. The second-order valence-electron chi connectivity index (χ2n) is 3.74. The van der Waals surface area contributed by atoms with E-state index in [2.05, 4.69) is 20.7 Å². The van der Waals surface area contributed by atoms with Crippen molar-refractivity contribution in [1.82, 2.24) is 20.7 Å². The molecule has 1 heterocycles. The molecule has 6 heteroatoms. The fourth-order valence-corrected chi connectivity index (χ4v) is 1.60. The number of ether oxygens (including phenoxy) is 1. The lowest BCUT2D eigenvalue weighted by Gasteiger charge is -2.09. The molecule has 0 aliphatic rings. The van der Waals surface area contributed by atoms with E-state index < -0.39 is 0 Å². The third-order valence-electron chi connectivity index (χ3n) is 2.51. The van der Waals surface area contributed by atoms with E-state index >= 15 is 0 Å². The van der Waals surface area contributed by atoms with Gasteiger partial charge in [-0.15, -0.1) is 0 Å². The van der Waals surface area contributed by atoms with Gasteiger partial charge in [-0.1, -0.05) is 24.3 Å². The molecule has 94 valence electrons. The number of H-pyrrole nitrogens is 1. The summed E-state index contributed by atoms with van der Waals surface area (Å²) in [5, 5.41) is 12.5. The Hall–Kier alpha value is -2.21. The van der Waals surface area contributed by atoms with E-state index in [1.54, 1.807) is 7.11 Å². The lowest BCUT2D eigenvalue weighted by atomic mass is 10.1. The zero-order valence-corrected chi connectivity index (χ0v) is 10.0. The number of aromatic amines is 1. The van der Waals surface area contributed by atoms with Crippen LogP contribution in [0.5, 0.6) is 0 Å². The standard InChI is InChI=1S/C12H14N4O2/c1-18-8-10-5-3-2-4-9(10)6-13-12(17)11-7-14-16-15-11/h2-5,7H,6,8H2,1H3,(H,13,17)(H,14,15,16). The quantitative estimate of drug-likeness (QED) is 0.820. The third-order valence-corrected chi connectivity index (χ3v) is 2.51. The maximum atomic E-state index is 11.7. The van der Waals surface area contributed by atoms with Crippen LogP contribution in [0.4, 0.5) is 0 Å². The van der Waals surface area contributed by atoms with Gasteiger partial charge in [0.1, 0.15) is 0 Å². The number of amides is 1. The summed E-state index contributed by atoms with van der Waals surface area (Å²) in [4.78, 5) is 11.7. The molecule has 2 aromatic rings. The molecular weight excluding hydrogens is 232 g/mol. The molecule has 0 aliphatic heterocycles. The fourth-order valence-electron chi connectivity index (χ4n) is 1.60. The van der Waals surface area contributed by atoms with Crippen LogP contribution in [0.3, 0.4) is 0 Å². The molecule has 0 unspecified atom stereocenters. The van der Waals surface area contributed by atoms with E-state index in [0.717, 1.165) is 11.1 Å². The minimum Gasteiger partial charge on any atom is -0.380 e. The molecule has 0 spiro atoms. The number of hydrogen-bond donors (Lipinski definition) is 2. The molecule has 1 aromatic heterocycles. The predicted octanol–water partition coefficient (Wildman–Crippen LogP) is 0.881. The van der Waals surface area contributed by atoms with Crippen LogP contribution in [-0.4, -0.2) is 28.4 Å². The molecule has 1 amide bonds. The van der Waals surface area contributed by atoms with Gasteiger partial charge >= 0.3 is 0 Å². The largest absolute Gasteiger partial charge is 0.380 e. The van der Waals surface area contributed by atoms with Gasteiger partial charge in [-0.3, -0.25) is 4.79 Å². The lowest BCUT2D eigenvalue weighted by Crippen LogP contribution is -2.23. The van der Waals surface area contributed by atoms with Gasteiger partial charge in [0.2, 0.25) is 0 Å². The first kappa shape index (κ1) is 12.3. The number of nitrogens with one attached hydrogen (secondary N) is 2. The van der Waals surface area contributed by atoms with Crippen molar-refractivity contribution in [1.29, 1.82) is 0 Å². The Bertz CT molecular complexity index is 511. The summed E-state index contributed by atoms with van der Waals surface area (Å²) in [7, 11) is 1.64. The van der Waals surface area contributed by atoms with Gasteiger partial charge < -0.3 is 10.1 Å². The summed E-state index contributed by atoms with van der Waals surface area (Å²) in [6, 6.07) is 7.80. The maximum absolute atomic E-state index is 11.7. The SMILES string of the molecule is COCc1ccccc1CNC(=O)c1cn[nH]n1. The van der Waals surface area contributed by atoms with E-state index in [-0.39, 0.29) is 11.6 Å². The van der Waals surface area contributed by atoms with Crippen LogP contribution in [0.2, 0.25) is 0 Å². The monoisotopic (exact) mass is 246 g/mol. The van der Waals surface area contributed by atoms with Crippen LogP contribution in [0.25, 0.3) is 0 Å². The van der Waals surface area contributed by atoms with E-state index in [4.69, 9.17) is 4.74 Å². The highest BCUT2D eigenvalue weighted by molar-refractivity contribution is 5.91. The predicted molar refractivity (Wildman–Crippen MR) is 64.7 cm³/mol. The summed E-state index contributed by atoms with van der Waals surface area (Å²) in [5.41, 5.74) is 2.36. The Morgan fingerprint density at radius 1 is 1.39 bits per heavy atom. The Morgan fingerprint density at radius 3 is 2.83 bits per heavy atom. The van der Waals surface area contributed by atoms with Crippen molar-refractivity contribution in [2.75, 3.05) is 7.11 Å². The van der Waals surface area contributed by atoms with Crippen LogP contribution in [0.1, 0.15) is 21.6 Å². The van der Waals surface area contributed by atoms with Gasteiger partial charge in [0.25, 0.3) is 5.91 Å². The van der Waals surface area contributed by atoms with Crippen molar-refractivity contribution in [2.45, 2.75) is 13.2 Å². The van der Waals surface area contributed by atoms with Crippen molar-refractivity contribution >= 4 is 5.91 Å². The maximum Gasteiger partial charge on any atom is 0.273 e. The number of hydrogen-bond acceptors (Lipinski definition) is 4. The van der Waals surface area contributed by atoms with Crippen LogP contribution in [0, 0.1) is 0 Å². The number of benzene rings is 1. The van der Waals surface area contributed by atoms with Crippen molar-refractivity contribution in [3.63, 3.8) is 0 Å². The number of methoxy groups -OCH3 is 1. The van der Waals surface area contributed by atoms with Crippen molar-refractivity contribution < 1.29 is 9.53 Å². The van der Waals surface area contributed by atoms with E-state index in [1.165, 1.54) is 6.20 Å². The average Bonchev–Trinajstić information content (AvgIpc) is 2.92. The van der Waals surface area contributed by atoms with E-state index in [0.29, 0.717) is 13.2 Å². The number of rotatable bonds is 5. The molecule has 0 bridgehead atoms. The van der Waals surface area contributed by atoms with Gasteiger partial charge in [-0.25, -0.2) is 0 Å². The summed E-state index contributed by atoms with van der Waals surface area (Å²) in [6.07, 6.45) is 1.39. The van der Waals surface area contributed by atoms with E-state index in [9.17, 15) is 4.79 Å². The molecule has 6 nitrogen and oxygen atoms in total. The topological polar surface area (TPSA) is 79.9 Å². The molecular formula is C12H14N4O2. The number of carbonyl (C=O) groups excluding carboxylic acids is 1. The highest BCUT2D eigenvalue weighted by Crippen LogP contribution is 2.09. The summed E-state index contributed by atoms with van der Waals surface area (Å²) in [5.74, 6) is -0.254. The molecule has 1 aromatic carbocycles. The Balaban J connectivity index is 2.00. The van der Waals surface area contributed by atoms with Crippen molar-refractivity contribution in [3.8, 4) is 0 Å². The summed E-state index contributed by atoms with van der Waals surface area (Å²) in [6.45, 7) is 0.960. The highest BCUT2D eigenvalue weighted by Gasteiger charge is 2.09. The Labute approximate surface area is 104 Å². The molecule has 0 fully saturated rings. The van der Waals surface area contributed by atoms with Gasteiger partial charge in [0.05, 0.1) is 12.8 Å². The number of aromatic nitrogens is 3. The molecule has 0 aliphatic carbocycles. The smallest absolute Gasteiger partial charge is 0.273 e. The number of carbonyl (C=O) groups is 1. The summed E-state index contributed by atoms with van der Waals surface area (Å²) >= 11 is 0. The zero-order chi connectivity index (χ0) is 12.8. The van der Waals surface area contributed by atoms with Crippen LogP contribution in [-0.2, 0) is 17.9 Å². The van der Waals surface area contributed by atoms with Crippen LogP contribution < -0.4 is 5.32 Å². The molecule has 0 atom stereocenters. The molecule has 0 radical (unpaired) electrons. The zero-order valence-electron chi connectivity index (χ0n) is 10.0. The Kier molecular flexibility index (Phi) is 4.03. The summed E-state index contributed by atoms with van der Waals surface area (Å²) < 4.78 is 5.11. The first-order valence-corrected chi connectivity index (χ1v) is 5.51. The molecule has 2 N–H and O–H groups in total. The van der Waals surface area contributed by atoms with Gasteiger partial charge in [-0.05, 0) is 11.1 Å². The van der Waals surface area contributed by atoms with E-state index in [1.807, 2.05) is 24.3 Å². The molecule has 18 heavy (non-hydrogen) atoms. The second kappa shape index (κ2) is 5.92. The second-order valence-corrected chi connectivity index (χ2v) is 3.74. The fraction of sp³-hybridized carbons (Fsp3) is 0.250. The number of nitrogens with zero attached hydrogens (tertiary/aromatic N) is 2. The minimum atomic E-state index is -0.254. The normalized spacial score (nSPS) is 10.3. The minimum absolute atomic E-state index is 0.254. The highest BCUT2D eigenvalue weighted by atomic mass is 16.5. The third kappa shape index (κ3) is 2.92. The van der Waals surface area contributed by atoms with Gasteiger partial charge in [0.15, 0.2) is 5.69 Å². The molecule has 2 rings (SSSR count). The van der Waals surface area contributed by atoms with Crippen LogP contribution >= 0.6 is 0 Å². The van der Waals surface area contributed by atoms with Crippen molar-refractivity contribution in [2.24, 2.45) is 0 Å². The average molecular weight is 246 g/mol. The van der Waals surface area contributed by atoms with Gasteiger partial charge in [0, 0.05) is 13.7 Å². The molecule has 0 saturated heterocycles.